The van der Waals surface area contributed by atoms with Crippen molar-refractivity contribution >= 4 is 17.5 Å². The number of nitrogens with zero attached hydrogens (tertiary/aromatic N) is 3. The highest BCUT2D eigenvalue weighted by molar-refractivity contribution is 6.39. The summed E-state index contributed by atoms with van der Waals surface area (Å²) in [4.78, 5) is 24.9. The highest BCUT2D eigenvalue weighted by Crippen LogP contribution is 2.09. The van der Waals surface area contributed by atoms with Crippen molar-refractivity contribution in [1.29, 1.82) is 0 Å². The molecule has 0 unspecified atom stereocenters. The van der Waals surface area contributed by atoms with Crippen LogP contribution in [0.4, 0.5) is 0 Å². The second-order valence-electron chi connectivity index (χ2n) is 4.48. The fraction of sp³-hybridized carbons (Fsp3) is 0.750. The Morgan fingerprint density at radius 1 is 1.39 bits per heavy atom. The van der Waals surface area contributed by atoms with E-state index in [0.717, 1.165) is 19.3 Å². The molecule has 0 atom stereocenters. The lowest BCUT2D eigenvalue weighted by Crippen LogP contribution is -2.39. The lowest BCUT2D eigenvalue weighted by Gasteiger charge is -2.23. The topological polar surface area (TPSA) is 73.2 Å². The van der Waals surface area contributed by atoms with E-state index in [9.17, 15) is 9.59 Å². The summed E-state index contributed by atoms with van der Waals surface area (Å²) >= 11 is 0. The van der Waals surface area contributed by atoms with Crippen LogP contribution in [0.25, 0.3) is 0 Å². The zero-order chi connectivity index (χ0) is 13.5. The molecular weight excluding hydrogens is 234 g/mol. The van der Waals surface area contributed by atoms with Gasteiger partial charge >= 0.3 is 0 Å². The van der Waals surface area contributed by atoms with E-state index in [4.69, 9.17) is 5.11 Å². The molecule has 0 aromatic carbocycles. The van der Waals surface area contributed by atoms with Gasteiger partial charge in [-0.05, 0) is 19.3 Å². The first-order valence-electron chi connectivity index (χ1n) is 6.26. The molecule has 0 bridgehead atoms. The summed E-state index contributed by atoms with van der Waals surface area (Å²) < 4.78 is 0. The molecule has 0 saturated carbocycles. The first kappa shape index (κ1) is 14.6. The quantitative estimate of drug-likeness (QED) is 0.690. The maximum absolute atomic E-state index is 12.0. The number of aliphatic hydroxyl groups is 1. The van der Waals surface area contributed by atoms with Crippen LogP contribution in [-0.2, 0) is 9.59 Å². The Morgan fingerprint density at radius 3 is 2.72 bits per heavy atom. The lowest BCUT2D eigenvalue weighted by atomic mass is 10.1. The molecule has 0 saturated heterocycles. The van der Waals surface area contributed by atoms with Crippen LogP contribution in [0.1, 0.15) is 32.1 Å². The highest BCUT2D eigenvalue weighted by Gasteiger charge is 2.23. The predicted molar refractivity (Wildman–Crippen MR) is 68.0 cm³/mol. The SMILES string of the molecule is CN(CCCCCO)C(=O)C1=NN(C)C(=O)CC1. The maximum atomic E-state index is 12.0. The molecule has 0 aromatic heterocycles. The minimum Gasteiger partial charge on any atom is -0.396 e. The average molecular weight is 255 g/mol. The average Bonchev–Trinajstić information content (AvgIpc) is 2.37. The van der Waals surface area contributed by atoms with Crippen LogP contribution >= 0.6 is 0 Å². The van der Waals surface area contributed by atoms with Gasteiger partial charge in [0.15, 0.2) is 0 Å². The molecule has 1 rings (SSSR count). The van der Waals surface area contributed by atoms with Crippen LogP contribution in [0.5, 0.6) is 0 Å². The number of rotatable bonds is 6. The molecule has 0 spiro atoms. The minimum absolute atomic E-state index is 0.0582. The van der Waals surface area contributed by atoms with E-state index >= 15 is 0 Å². The zero-order valence-corrected chi connectivity index (χ0v) is 11.1. The van der Waals surface area contributed by atoms with Gasteiger partial charge in [-0.15, -0.1) is 0 Å². The molecule has 1 aliphatic rings. The van der Waals surface area contributed by atoms with E-state index in [1.807, 2.05) is 0 Å². The van der Waals surface area contributed by atoms with Gasteiger partial charge in [-0.1, -0.05) is 0 Å². The van der Waals surface area contributed by atoms with Crippen LogP contribution in [0.3, 0.4) is 0 Å². The van der Waals surface area contributed by atoms with Crippen LogP contribution in [0.15, 0.2) is 5.10 Å². The molecular formula is C12H21N3O3. The maximum Gasteiger partial charge on any atom is 0.269 e. The van der Waals surface area contributed by atoms with Gasteiger partial charge in [0, 0.05) is 40.1 Å². The summed E-state index contributed by atoms with van der Waals surface area (Å²) in [5, 5.41) is 13.9. The Bertz CT molecular complexity index is 341. The molecule has 0 fully saturated rings. The van der Waals surface area contributed by atoms with Crippen LogP contribution in [-0.4, -0.2) is 59.8 Å². The van der Waals surface area contributed by atoms with Crippen molar-refractivity contribution in [2.75, 3.05) is 27.2 Å². The van der Waals surface area contributed by atoms with Crippen molar-refractivity contribution < 1.29 is 14.7 Å². The molecule has 1 heterocycles. The van der Waals surface area contributed by atoms with E-state index in [0.29, 0.717) is 25.1 Å². The number of carbonyl (C=O) groups excluding carboxylic acids is 2. The van der Waals surface area contributed by atoms with Crippen molar-refractivity contribution in [3.63, 3.8) is 0 Å². The molecule has 102 valence electrons. The van der Waals surface area contributed by atoms with Crippen LogP contribution in [0, 0.1) is 0 Å². The zero-order valence-electron chi connectivity index (χ0n) is 11.1. The Hall–Kier alpha value is -1.43. The van der Waals surface area contributed by atoms with E-state index < -0.39 is 0 Å². The van der Waals surface area contributed by atoms with Gasteiger partial charge in [0.1, 0.15) is 5.71 Å². The summed E-state index contributed by atoms with van der Waals surface area (Å²) in [5.74, 6) is -0.171. The van der Waals surface area contributed by atoms with Gasteiger partial charge in [0.25, 0.3) is 5.91 Å². The summed E-state index contributed by atoms with van der Waals surface area (Å²) in [6.07, 6.45) is 3.30. The number of hydrogen-bond acceptors (Lipinski definition) is 4. The molecule has 0 aromatic rings. The largest absolute Gasteiger partial charge is 0.396 e. The summed E-state index contributed by atoms with van der Waals surface area (Å²) in [5.41, 5.74) is 0.446. The first-order chi connectivity index (χ1) is 8.56. The minimum atomic E-state index is -0.113. The third kappa shape index (κ3) is 4.10. The van der Waals surface area contributed by atoms with Gasteiger partial charge in [-0.25, -0.2) is 5.01 Å². The van der Waals surface area contributed by atoms with Crippen molar-refractivity contribution in [1.82, 2.24) is 9.91 Å². The molecule has 1 N–H and O–H groups in total. The number of hydrazone groups is 1. The summed E-state index contributed by atoms with van der Waals surface area (Å²) in [6.45, 7) is 0.840. The fourth-order valence-electron chi connectivity index (χ4n) is 1.78. The first-order valence-corrected chi connectivity index (χ1v) is 6.26. The standard InChI is InChI=1S/C12H21N3O3/c1-14(8-4-3-5-9-16)12(18)10-6-7-11(17)15(2)13-10/h16H,3-9H2,1-2H3. The van der Waals surface area contributed by atoms with Gasteiger partial charge < -0.3 is 10.0 Å². The molecule has 0 radical (unpaired) electrons. The molecule has 18 heavy (non-hydrogen) atoms. The highest BCUT2D eigenvalue weighted by atomic mass is 16.3. The predicted octanol–water partition coefficient (Wildman–Crippen LogP) is 0.216. The normalized spacial score (nSPS) is 15.6. The number of carbonyl (C=O) groups is 2. The van der Waals surface area contributed by atoms with Gasteiger partial charge in [-0.3, -0.25) is 9.59 Å². The summed E-state index contributed by atoms with van der Waals surface area (Å²) in [6, 6.07) is 0. The van der Waals surface area contributed by atoms with E-state index in [1.165, 1.54) is 5.01 Å². The molecule has 0 aliphatic carbocycles. The third-order valence-electron chi connectivity index (χ3n) is 2.95. The molecule has 6 heteroatoms. The second-order valence-corrected chi connectivity index (χ2v) is 4.48. The lowest BCUT2D eigenvalue weighted by molar-refractivity contribution is -0.130. The molecule has 2 amide bonds. The van der Waals surface area contributed by atoms with Gasteiger partial charge in [0.2, 0.25) is 5.91 Å². The monoisotopic (exact) mass is 255 g/mol. The van der Waals surface area contributed by atoms with E-state index in [2.05, 4.69) is 5.10 Å². The molecule has 1 aliphatic heterocycles. The fourth-order valence-corrected chi connectivity index (χ4v) is 1.78. The Morgan fingerprint density at radius 2 is 2.11 bits per heavy atom. The van der Waals surface area contributed by atoms with Crippen LogP contribution < -0.4 is 0 Å². The smallest absolute Gasteiger partial charge is 0.269 e. The van der Waals surface area contributed by atoms with Crippen LogP contribution in [0.2, 0.25) is 0 Å². The molecule has 6 nitrogen and oxygen atoms in total. The number of amides is 2. The Kier molecular flexibility index (Phi) is 5.77. The van der Waals surface area contributed by atoms with Gasteiger partial charge in [0.05, 0.1) is 0 Å². The summed E-state index contributed by atoms with van der Waals surface area (Å²) in [7, 11) is 3.30. The van der Waals surface area contributed by atoms with Crippen molar-refractivity contribution in [3.05, 3.63) is 0 Å². The third-order valence-corrected chi connectivity index (χ3v) is 2.95. The number of aliphatic hydroxyl groups excluding tert-OH is 1. The second kappa shape index (κ2) is 7.10. The number of hydrogen-bond donors (Lipinski definition) is 1. The van der Waals surface area contributed by atoms with Crippen molar-refractivity contribution in [2.24, 2.45) is 5.10 Å². The van der Waals surface area contributed by atoms with E-state index in [1.54, 1.807) is 19.0 Å². The number of unbranched alkanes of at least 4 members (excludes halogenated alkanes) is 2. The van der Waals surface area contributed by atoms with E-state index in [-0.39, 0.29) is 18.4 Å². The Labute approximate surface area is 107 Å². The van der Waals surface area contributed by atoms with Crippen molar-refractivity contribution in [2.45, 2.75) is 32.1 Å². The van der Waals surface area contributed by atoms with Gasteiger partial charge in [-0.2, -0.15) is 5.10 Å². The Balaban J connectivity index is 2.43. The van der Waals surface area contributed by atoms with Crippen molar-refractivity contribution in [3.8, 4) is 0 Å².